The van der Waals surface area contributed by atoms with E-state index in [9.17, 15) is 0 Å². The van der Waals surface area contributed by atoms with Crippen molar-refractivity contribution in [1.29, 1.82) is 0 Å². The van der Waals surface area contributed by atoms with Gasteiger partial charge in [0.05, 0.1) is 5.82 Å². The van der Waals surface area contributed by atoms with E-state index in [1.807, 2.05) is 13.1 Å². The molecule has 0 bridgehead atoms. The van der Waals surface area contributed by atoms with Crippen molar-refractivity contribution in [3.8, 4) is 0 Å². The molecule has 2 N–H and O–H groups in total. The monoisotopic (exact) mass is 166 g/mol. The second-order valence-corrected chi connectivity index (χ2v) is 2.56. The second kappa shape index (κ2) is 7.96. The molecule has 0 aromatic heterocycles. The Hall–Kier alpha value is -1.14. The van der Waals surface area contributed by atoms with E-state index in [1.54, 1.807) is 0 Å². The summed E-state index contributed by atoms with van der Waals surface area (Å²) in [5, 5.41) is 6.08. The summed E-state index contributed by atoms with van der Waals surface area (Å²) in [6.45, 7) is 8.23. The number of rotatable bonds is 7. The normalized spacial score (nSPS) is 8.42. The lowest BCUT2D eigenvalue weighted by atomic mass is 10.2. The summed E-state index contributed by atoms with van der Waals surface area (Å²) < 4.78 is 0. The van der Waals surface area contributed by atoms with Crippen LogP contribution in [0, 0.1) is 0 Å². The van der Waals surface area contributed by atoms with Crippen molar-refractivity contribution in [3.05, 3.63) is 30.8 Å². The minimum atomic E-state index is 0.884. The van der Waals surface area contributed by atoms with Gasteiger partial charge in [-0.15, -0.1) is 5.73 Å². The van der Waals surface area contributed by atoms with Crippen molar-refractivity contribution in [2.24, 2.45) is 0 Å². The zero-order valence-electron chi connectivity index (χ0n) is 7.82. The van der Waals surface area contributed by atoms with Crippen LogP contribution in [0.15, 0.2) is 30.8 Å². The molecule has 2 nitrogen and oxygen atoms in total. The first-order valence-corrected chi connectivity index (χ1v) is 4.26. The van der Waals surface area contributed by atoms with Crippen molar-refractivity contribution in [1.82, 2.24) is 10.6 Å². The van der Waals surface area contributed by atoms with E-state index in [4.69, 9.17) is 0 Å². The van der Waals surface area contributed by atoms with Gasteiger partial charge in [-0.25, -0.2) is 0 Å². The number of hydrogen-bond acceptors (Lipinski definition) is 2. The van der Waals surface area contributed by atoms with Crippen LogP contribution >= 0.6 is 0 Å². The molecule has 0 aliphatic carbocycles. The fraction of sp³-hybridized carbons (Fsp3) is 0.500. The minimum Gasteiger partial charge on any atom is -0.375 e. The van der Waals surface area contributed by atoms with Gasteiger partial charge in [0, 0.05) is 13.6 Å². The van der Waals surface area contributed by atoms with Crippen LogP contribution in [-0.4, -0.2) is 13.6 Å². The average Bonchev–Trinajstić information content (AvgIpc) is 2.10. The van der Waals surface area contributed by atoms with E-state index in [0.29, 0.717) is 0 Å². The standard InChI is InChI=1S/C10H18N2/c1-4-5-6-7-8-9-12-10(2)11-3/h5,11-12H,1-2,6-9H2,3H3. The van der Waals surface area contributed by atoms with Crippen molar-refractivity contribution in [3.63, 3.8) is 0 Å². The minimum absolute atomic E-state index is 0.884. The first-order valence-electron chi connectivity index (χ1n) is 4.26. The van der Waals surface area contributed by atoms with E-state index >= 15 is 0 Å². The van der Waals surface area contributed by atoms with Crippen LogP contribution in [-0.2, 0) is 0 Å². The van der Waals surface area contributed by atoms with Crippen LogP contribution in [0.3, 0.4) is 0 Å². The molecule has 0 radical (unpaired) electrons. The van der Waals surface area contributed by atoms with Gasteiger partial charge in [-0.05, 0) is 25.3 Å². The molecule has 0 saturated heterocycles. The summed E-state index contributed by atoms with van der Waals surface area (Å²) in [6, 6.07) is 0. The van der Waals surface area contributed by atoms with Crippen LogP contribution < -0.4 is 10.6 Å². The molecule has 0 aromatic rings. The smallest absolute Gasteiger partial charge is 0.0909 e. The van der Waals surface area contributed by atoms with E-state index in [2.05, 4.69) is 29.5 Å². The molecule has 12 heavy (non-hydrogen) atoms. The number of hydrogen-bond donors (Lipinski definition) is 2. The molecule has 0 rings (SSSR count). The largest absolute Gasteiger partial charge is 0.375 e. The number of nitrogens with one attached hydrogen (secondary N) is 2. The van der Waals surface area contributed by atoms with Gasteiger partial charge in [-0.1, -0.05) is 13.2 Å². The molecule has 0 aromatic carbocycles. The Morgan fingerprint density at radius 1 is 1.50 bits per heavy atom. The third kappa shape index (κ3) is 6.97. The molecule has 0 spiro atoms. The third-order valence-electron chi connectivity index (χ3n) is 1.56. The van der Waals surface area contributed by atoms with Crippen molar-refractivity contribution in [2.45, 2.75) is 19.3 Å². The van der Waals surface area contributed by atoms with Gasteiger partial charge >= 0.3 is 0 Å². The third-order valence-corrected chi connectivity index (χ3v) is 1.56. The topological polar surface area (TPSA) is 24.1 Å². The summed E-state index contributed by atoms with van der Waals surface area (Å²) in [4.78, 5) is 0. The lowest BCUT2D eigenvalue weighted by Gasteiger charge is -2.07. The highest BCUT2D eigenvalue weighted by molar-refractivity contribution is 4.85. The molecule has 0 aliphatic rings. The Morgan fingerprint density at radius 2 is 2.25 bits per heavy atom. The molecule has 0 saturated carbocycles. The highest BCUT2D eigenvalue weighted by atomic mass is 15.1. The summed E-state index contributed by atoms with van der Waals surface area (Å²) in [7, 11) is 1.86. The molecule has 0 fully saturated rings. The molecule has 0 heterocycles. The maximum Gasteiger partial charge on any atom is 0.0909 e. The van der Waals surface area contributed by atoms with Gasteiger partial charge in [0.1, 0.15) is 0 Å². The van der Waals surface area contributed by atoms with Crippen molar-refractivity contribution in [2.75, 3.05) is 13.6 Å². The first kappa shape index (κ1) is 10.9. The lowest BCUT2D eigenvalue weighted by molar-refractivity contribution is 0.661. The Balaban J connectivity index is 3.10. The van der Waals surface area contributed by atoms with Gasteiger partial charge in [-0.2, -0.15) is 0 Å². The Bertz CT molecular complexity index is 167. The van der Waals surface area contributed by atoms with Crippen LogP contribution in [0.2, 0.25) is 0 Å². The fourth-order valence-corrected chi connectivity index (χ4v) is 0.801. The molecular weight excluding hydrogens is 148 g/mol. The van der Waals surface area contributed by atoms with E-state index in [1.165, 1.54) is 6.42 Å². The lowest BCUT2D eigenvalue weighted by Crippen LogP contribution is -2.23. The molecule has 0 amide bonds. The predicted molar refractivity (Wildman–Crippen MR) is 53.8 cm³/mol. The Kier molecular flexibility index (Phi) is 7.21. The zero-order valence-corrected chi connectivity index (χ0v) is 7.82. The second-order valence-electron chi connectivity index (χ2n) is 2.56. The van der Waals surface area contributed by atoms with Crippen LogP contribution in [0.1, 0.15) is 19.3 Å². The summed E-state index contributed by atoms with van der Waals surface area (Å²) >= 11 is 0. The molecule has 68 valence electrons. The molecular formula is C10H18N2. The zero-order chi connectivity index (χ0) is 9.23. The van der Waals surface area contributed by atoms with Crippen LogP contribution in [0.5, 0.6) is 0 Å². The molecule has 0 atom stereocenters. The quantitative estimate of drug-likeness (QED) is 0.445. The maximum atomic E-state index is 3.75. The van der Waals surface area contributed by atoms with Crippen LogP contribution in [0.25, 0.3) is 0 Å². The van der Waals surface area contributed by atoms with Gasteiger partial charge in [-0.3, -0.25) is 0 Å². The van der Waals surface area contributed by atoms with Gasteiger partial charge < -0.3 is 10.6 Å². The van der Waals surface area contributed by atoms with Crippen LogP contribution in [0.4, 0.5) is 0 Å². The average molecular weight is 166 g/mol. The molecule has 0 aliphatic heterocycles. The van der Waals surface area contributed by atoms with Gasteiger partial charge in [0.15, 0.2) is 0 Å². The Morgan fingerprint density at radius 3 is 2.83 bits per heavy atom. The highest BCUT2D eigenvalue weighted by Gasteiger charge is 1.87. The van der Waals surface area contributed by atoms with Crippen molar-refractivity contribution >= 4 is 0 Å². The summed E-state index contributed by atoms with van der Waals surface area (Å²) in [5.41, 5.74) is 2.75. The summed E-state index contributed by atoms with van der Waals surface area (Å²) in [6.07, 6.45) is 5.36. The Labute approximate surface area is 75.1 Å². The highest BCUT2D eigenvalue weighted by Crippen LogP contribution is 1.94. The predicted octanol–water partition coefficient (Wildman–Crippen LogP) is 1.78. The maximum absolute atomic E-state index is 3.75. The van der Waals surface area contributed by atoms with E-state index in [-0.39, 0.29) is 0 Å². The number of allylic oxidation sites excluding steroid dienone is 1. The van der Waals surface area contributed by atoms with E-state index < -0.39 is 0 Å². The summed E-state index contributed by atoms with van der Waals surface area (Å²) in [5.74, 6) is 0.884. The van der Waals surface area contributed by atoms with Gasteiger partial charge in [0.2, 0.25) is 0 Å². The van der Waals surface area contributed by atoms with Crippen molar-refractivity contribution < 1.29 is 0 Å². The van der Waals surface area contributed by atoms with E-state index in [0.717, 1.165) is 25.2 Å². The number of unbranched alkanes of at least 4 members (excludes halogenated alkanes) is 2. The fourth-order valence-electron chi connectivity index (χ4n) is 0.801. The first-order chi connectivity index (χ1) is 5.81. The SMILES string of the molecule is C=C=CCCCCNC(=C)NC. The van der Waals surface area contributed by atoms with Gasteiger partial charge in [0.25, 0.3) is 0 Å². The molecule has 2 heteroatoms. The molecule has 0 unspecified atom stereocenters.